The molecule has 0 saturated heterocycles. The Morgan fingerprint density at radius 2 is 1.89 bits per heavy atom. The van der Waals surface area contributed by atoms with E-state index in [-0.39, 0.29) is 17.2 Å². The van der Waals surface area contributed by atoms with Crippen LogP contribution in [0.1, 0.15) is 51.4 Å². The Morgan fingerprint density at radius 3 is 2.50 bits per heavy atom. The van der Waals surface area contributed by atoms with Crippen LogP contribution in [0.5, 0.6) is 0 Å². The number of nitrogens with one attached hydrogen (secondary N) is 1. The lowest BCUT2D eigenvalue weighted by molar-refractivity contribution is -0.125. The third-order valence-electron chi connectivity index (χ3n) is 3.58. The number of alkyl halides is 1. The van der Waals surface area contributed by atoms with E-state index in [0.29, 0.717) is 13.2 Å². The zero-order chi connectivity index (χ0) is 13.2. The Morgan fingerprint density at radius 1 is 1.28 bits per heavy atom. The van der Waals surface area contributed by atoms with Gasteiger partial charge in [-0.1, -0.05) is 32.1 Å². The first-order valence-corrected chi connectivity index (χ1v) is 7.58. The molecule has 1 N–H and O–H groups in total. The van der Waals surface area contributed by atoms with Gasteiger partial charge in [-0.25, -0.2) is 0 Å². The van der Waals surface area contributed by atoms with E-state index in [1.807, 2.05) is 0 Å². The van der Waals surface area contributed by atoms with Crippen molar-refractivity contribution in [2.24, 2.45) is 5.92 Å². The van der Waals surface area contributed by atoms with Gasteiger partial charge in [0.05, 0.1) is 12.0 Å². The van der Waals surface area contributed by atoms with Gasteiger partial charge in [0.15, 0.2) is 0 Å². The first-order valence-electron chi connectivity index (χ1n) is 7.14. The fourth-order valence-corrected chi connectivity index (χ4v) is 2.71. The van der Waals surface area contributed by atoms with Crippen molar-refractivity contribution < 1.29 is 9.53 Å². The van der Waals surface area contributed by atoms with Crippen molar-refractivity contribution in [1.82, 2.24) is 5.32 Å². The van der Waals surface area contributed by atoms with Gasteiger partial charge in [0.1, 0.15) is 0 Å². The average Bonchev–Trinajstić information content (AvgIpc) is 2.28. The number of carbonyl (C=O) groups is 1. The molecule has 1 unspecified atom stereocenters. The summed E-state index contributed by atoms with van der Waals surface area (Å²) in [4.78, 5) is 12.0. The van der Waals surface area contributed by atoms with Crippen LogP contribution in [-0.2, 0) is 9.53 Å². The summed E-state index contributed by atoms with van der Waals surface area (Å²) >= 11 is 6.02. The normalized spacial score (nSPS) is 19.9. The first-order chi connectivity index (χ1) is 8.74. The molecule has 1 aliphatic carbocycles. The summed E-state index contributed by atoms with van der Waals surface area (Å²) < 4.78 is 4.96. The molecule has 0 aliphatic heterocycles. The van der Waals surface area contributed by atoms with Crippen molar-refractivity contribution in [2.75, 3.05) is 20.3 Å². The second-order valence-electron chi connectivity index (χ2n) is 5.17. The van der Waals surface area contributed by atoms with Gasteiger partial charge in [-0.05, 0) is 19.3 Å². The van der Waals surface area contributed by atoms with E-state index in [0.717, 1.165) is 19.3 Å². The summed E-state index contributed by atoms with van der Waals surface area (Å²) in [5.74, 6) is 0.444. The molecule has 1 saturated carbocycles. The number of carbonyl (C=O) groups excluding carboxylic acids is 1. The number of hydrogen-bond acceptors (Lipinski definition) is 2. The topological polar surface area (TPSA) is 38.3 Å². The predicted molar refractivity (Wildman–Crippen MR) is 75.0 cm³/mol. The van der Waals surface area contributed by atoms with Crippen LogP contribution in [0.3, 0.4) is 0 Å². The third-order valence-corrected chi connectivity index (χ3v) is 3.92. The Labute approximate surface area is 116 Å². The number of methoxy groups -OCH3 is 1. The molecule has 1 atom stereocenters. The molecule has 3 nitrogen and oxygen atoms in total. The van der Waals surface area contributed by atoms with Crippen molar-refractivity contribution in [3.8, 4) is 0 Å². The van der Waals surface area contributed by atoms with Crippen molar-refractivity contribution in [2.45, 2.75) is 56.7 Å². The van der Waals surface area contributed by atoms with Gasteiger partial charge in [0.25, 0.3) is 0 Å². The van der Waals surface area contributed by atoms with E-state index in [9.17, 15) is 4.79 Å². The summed E-state index contributed by atoms with van der Waals surface area (Å²) in [7, 11) is 1.64. The van der Waals surface area contributed by atoms with Gasteiger partial charge >= 0.3 is 0 Å². The smallest absolute Gasteiger partial charge is 0.223 e. The van der Waals surface area contributed by atoms with Gasteiger partial charge in [-0.3, -0.25) is 4.79 Å². The number of amides is 1. The van der Waals surface area contributed by atoms with Gasteiger partial charge in [-0.2, -0.15) is 0 Å². The highest BCUT2D eigenvalue weighted by Crippen LogP contribution is 2.22. The Hall–Kier alpha value is -0.280. The number of halogens is 1. The minimum atomic E-state index is -0.00682. The predicted octanol–water partition coefficient (Wildman–Crippen LogP) is 3.11. The van der Waals surface area contributed by atoms with Crippen LogP contribution >= 0.6 is 11.6 Å². The zero-order valence-electron chi connectivity index (χ0n) is 11.4. The first kappa shape index (κ1) is 15.8. The summed E-state index contributed by atoms with van der Waals surface area (Å²) in [5, 5.41) is 3.00. The van der Waals surface area contributed by atoms with Gasteiger partial charge in [0, 0.05) is 19.6 Å². The maximum atomic E-state index is 12.0. The molecule has 0 aromatic carbocycles. The highest BCUT2D eigenvalue weighted by molar-refractivity contribution is 6.20. The lowest BCUT2D eigenvalue weighted by Gasteiger charge is -2.19. The molecule has 0 aromatic heterocycles. The summed E-state index contributed by atoms with van der Waals surface area (Å²) in [6.07, 6.45) is 9.15. The van der Waals surface area contributed by atoms with Crippen LogP contribution in [-0.4, -0.2) is 31.5 Å². The molecule has 106 valence electrons. The summed E-state index contributed by atoms with van der Waals surface area (Å²) in [5.41, 5.74) is 0. The summed E-state index contributed by atoms with van der Waals surface area (Å²) in [6.45, 7) is 1.20. The van der Waals surface area contributed by atoms with Gasteiger partial charge < -0.3 is 10.1 Å². The molecule has 0 spiro atoms. The molecule has 1 aliphatic rings. The second-order valence-corrected chi connectivity index (χ2v) is 5.79. The van der Waals surface area contributed by atoms with E-state index in [1.165, 1.54) is 32.1 Å². The molecule has 0 heterocycles. The highest BCUT2D eigenvalue weighted by atomic mass is 35.5. The second kappa shape index (κ2) is 9.62. The maximum Gasteiger partial charge on any atom is 0.223 e. The largest absolute Gasteiger partial charge is 0.383 e. The minimum Gasteiger partial charge on any atom is -0.383 e. The molecule has 0 radical (unpaired) electrons. The average molecular weight is 276 g/mol. The van der Waals surface area contributed by atoms with Crippen LogP contribution in [0.2, 0.25) is 0 Å². The molecule has 18 heavy (non-hydrogen) atoms. The molecular weight excluding hydrogens is 250 g/mol. The van der Waals surface area contributed by atoms with Crippen molar-refractivity contribution in [1.29, 1.82) is 0 Å². The lowest BCUT2D eigenvalue weighted by atomic mass is 9.90. The third kappa shape index (κ3) is 6.60. The molecular formula is C14H26ClNO2. The van der Waals surface area contributed by atoms with Crippen LogP contribution in [0, 0.1) is 5.92 Å². The Bertz CT molecular complexity index is 228. The van der Waals surface area contributed by atoms with Crippen molar-refractivity contribution >= 4 is 17.5 Å². The SMILES string of the molecule is COCC(Cl)CCNC(=O)C1CCCCCCC1. The molecule has 1 rings (SSSR count). The Kier molecular flexibility index (Phi) is 8.44. The van der Waals surface area contributed by atoms with Gasteiger partial charge in [0.2, 0.25) is 5.91 Å². The monoisotopic (exact) mass is 275 g/mol. The number of ether oxygens (including phenoxy) is 1. The van der Waals surface area contributed by atoms with Crippen LogP contribution in [0.15, 0.2) is 0 Å². The van der Waals surface area contributed by atoms with E-state index in [4.69, 9.17) is 16.3 Å². The fourth-order valence-electron chi connectivity index (χ4n) is 2.48. The van der Waals surface area contributed by atoms with E-state index in [2.05, 4.69) is 5.32 Å². The Balaban J connectivity index is 2.17. The van der Waals surface area contributed by atoms with Crippen molar-refractivity contribution in [3.63, 3.8) is 0 Å². The zero-order valence-corrected chi connectivity index (χ0v) is 12.2. The van der Waals surface area contributed by atoms with Crippen LogP contribution in [0.4, 0.5) is 0 Å². The van der Waals surface area contributed by atoms with E-state index in [1.54, 1.807) is 7.11 Å². The van der Waals surface area contributed by atoms with Crippen LogP contribution < -0.4 is 5.32 Å². The van der Waals surface area contributed by atoms with E-state index >= 15 is 0 Å². The lowest BCUT2D eigenvalue weighted by Crippen LogP contribution is -2.33. The molecule has 1 amide bonds. The van der Waals surface area contributed by atoms with Crippen molar-refractivity contribution in [3.05, 3.63) is 0 Å². The fraction of sp³-hybridized carbons (Fsp3) is 0.929. The van der Waals surface area contributed by atoms with Crippen LogP contribution in [0.25, 0.3) is 0 Å². The van der Waals surface area contributed by atoms with Gasteiger partial charge in [-0.15, -0.1) is 11.6 Å². The maximum absolute atomic E-state index is 12.0. The molecule has 4 heteroatoms. The number of hydrogen-bond donors (Lipinski definition) is 1. The quantitative estimate of drug-likeness (QED) is 0.757. The molecule has 0 aromatic rings. The highest BCUT2D eigenvalue weighted by Gasteiger charge is 2.19. The summed E-state index contributed by atoms with van der Waals surface area (Å²) in [6, 6.07) is 0. The van der Waals surface area contributed by atoms with E-state index < -0.39 is 0 Å². The number of rotatable bonds is 6. The molecule has 0 bridgehead atoms. The minimum absolute atomic E-state index is 0.00682. The standard InChI is InChI=1S/C14H26ClNO2/c1-18-11-13(15)9-10-16-14(17)12-7-5-3-2-4-6-8-12/h12-13H,2-11H2,1H3,(H,16,17). The molecule has 1 fully saturated rings.